The van der Waals surface area contributed by atoms with E-state index in [9.17, 15) is 9.59 Å². The first-order chi connectivity index (χ1) is 14.3. The number of H-pyrrole nitrogens is 1. The van der Waals surface area contributed by atoms with E-state index in [2.05, 4.69) is 4.98 Å². The number of hydrogen-bond acceptors (Lipinski definition) is 4. The molecule has 0 spiro atoms. The zero-order valence-electron chi connectivity index (χ0n) is 17.3. The van der Waals surface area contributed by atoms with Gasteiger partial charge in [0.15, 0.2) is 0 Å². The van der Waals surface area contributed by atoms with Crippen molar-refractivity contribution in [3.05, 3.63) is 60.5 Å². The molecule has 1 atom stereocenters. The molecule has 3 rings (SSSR count). The molecule has 0 fully saturated rings. The maximum absolute atomic E-state index is 13.3. The van der Waals surface area contributed by atoms with Crippen molar-refractivity contribution in [3.8, 4) is 5.75 Å². The summed E-state index contributed by atoms with van der Waals surface area (Å²) in [5.41, 5.74) is 3.15. The lowest BCUT2D eigenvalue weighted by atomic mass is 9.97. The first-order valence-corrected chi connectivity index (χ1v) is 10.8. The van der Waals surface area contributed by atoms with Crippen molar-refractivity contribution >= 4 is 29.1 Å². The van der Waals surface area contributed by atoms with Gasteiger partial charge >= 0.3 is 0 Å². The molecule has 0 radical (unpaired) electrons. The summed E-state index contributed by atoms with van der Waals surface area (Å²) in [6.07, 6.45) is 1.39. The fraction of sp³-hybridized carbons (Fsp3) is 0.455. The van der Waals surface area contributed by atoms with Gasteiger partial charge in [0.2, 0.25) is 0 Å². The van der Waals surface area contributed by atoms with E-state index in [0.29, 0.717) is 53.3 Å². The Hall–Kier alpha value is -2.02. The van der Waals surface area contributed by atoms with Crippen molar-refractivity contribution in [1.29, 1.82) is 0 Å². The molecule has 1 unspecified atom stereocenters. The summed E-state index contributed by atoms with van der Waals surface area (Å²) < 4.78 is 5.80. The number of aryl methyl sites for hydroxylation is 2. The number of aliphatic hydroxyl groups is 1. The molecular formula is C22H26Cl2N2O4. The van der Waals surface area contributed by atoms with Crippen molar-refractivity contribution in [2.75, 3.05) is 13.2 Å². The minimum Gasteiger partial charge on any atom is -0.489 e. The van der Waals surface area contributed by atoms with Gasteiger partial charge < -0.3 is 19.7 Å². The van der Waals surface area contributed by atoms with Crippen LogP contribution in [0.4, 0.5) is 0 Å². The Morgan fingerprint density at radius 2 is 2.03 bits per heavy atom. The standard InChI is InChI=1S/C22H26Cl2N2O4/c1-4-14-9-12(2)25-21(28)16(14)11-26-7-5-15-17(23)10-18(30-13(3)6-8-27)20(24)19(15)22(26)29/h9-10,13,27H,4-8,11H2,1-3H3,(H,25,28). The number of fused-ring (bicyclic) bond motifs is 1. The van der Waals surface area contributed by atoms with Crippen LogP contribution in [-0.4, -0.2) is 40.2 Å². The van der Waals surface area contributed by atoms with Crippen LogP contribution in [0.2, 0.25) is 10.0 Å². The lowest BCUT2D eigenvalue weighted by molar-refractivity contribution is 0.0725. The second kappa shape index (κ2) is 9.41. The molecule has 162 valence electrons. The first kappa shape index (κ1) is 22.7. The molecule has 2 N–H and O–H groups in total. The summed E-state index contributed by atoms with van der Waals surface area (Å²) in [6.45, 7) is 6.27. The van der Waals surface area contributed by atoms with E-state index in [4.69, 9.17) is 33.0 Å². The number of nitrogens with zero attached hydrogens (tertiary/aromatic N) is 1. The van der Waals surface area contributed by atoms with Crippen LogP contribution in [0.25, 0.3) is 0 Å². The smallest absolute Gasteiger partial charge is 0.256 e. The average molecular weight is 453 g/mol. The third-order valence-electron chi connectivity index (χ3n) is 5.37. The van der Waals surface area contributed by atoms with E-state index in [0.717, 1.165) is 11.3 Å². The maximum Gasteiger partial charge on any atom is 0.256 e. The molecule has 6 nitrogen and oxygen atoms in total. The van der Waals surface area contributed by atoms with Crippen LogP contribution in [0.15, 0.2) is 16.9 Å². The summed E-state index contributed by atoms with van der Waals surface area (Å²) in [7, 11) is 0. The molecule has 1 aromatic carbocycles. The highest BCUT2D eigenvalue weighted by atomic mass is 35.5. The Morgan fingerprint density at radius 3 is 2.70 bits per heavy atom. The number of pyridine rings is 1. The van der Waals surface area contributed by atoms with Gasteiger partial charge in [-0.2, -0.15) is 0 Å². The quantitative estimate of drug-likeness (QED) is 0.666. The lowest BCUT2D eigenvalue weighted by Gasteiger charge is -2.31. The highest BCUT2D eigenvalue weighted by molar-refractivity contribution is 6.38. The van der Waals surface area contributed by atoms with Crippen LogP contribution in [0, 0.1) is 6.92 Å². The van der Waals surface area contributed by atoms with Crippen molar-refractivity contribution in [2.24, 2.45) is 0 Å². The first-order valence-electron chi connectivity index (χ1n) is 10.1. The number of carbonyl (C=O) groups is 1. The molecule has 2 heterocycles. The highest BCUT2D eigenvalue weighted by Gasteiger charge is 2.31. The molecule has 1 aliphatic heterocycles. The number of amides is 1. The number of aromatic nitrogens is 1. The molecule has 0 saturated heterocycles. The molecule has 1 amide bonds. The fourth-order valence-corrected chi connectivity index (χ4v) is 4.36. The van der Waals surface area contributed by atoms with Gasteiger partial charge in [0.1, 0.15) is 5.75 Å². The summed E-state index contributed by atoms with van der Waals surface area (Å²) >= 11 is 13.0. The van der Waals surface area contributed by atoms with E-state index < -0.39 is 0 Å². The van der Waals surface area contributed by atoms with E-state index >= 15 is 0 Å². The molecule has 1 aliphatic rings. The van der Waals surface area contributed by atoms with Crippen molar-refractivity contribution in [3.63, 3.8) is 0 Å². The monoisotopic (exact) mass is 452 g/mol. The van der Waals surface area contributed by atoms with Gasteiger partial charge in [-0.15, -0.1) is 0 Å². The normalized spacial score (nSPS) is 14.6. The SMILES string of the molecule is CCc1cc(C)[nH]c(=O)c1CN1CCc2c(Cl)cc(OC(C)CCO)c(Cl)c2C1=O. The molecule has 0 aliphatic carbocycles. The number of hydrogen-bond donors (Lipinski definition) is 2. The van der Waals surface area contributed by atoms with Crippen LogP contribution in [0.3, 0.4) is 0 Å². The van der Waals surface area contributed by atoms with E-state index in [1.165, 1.54) is 0 Å². The van der Waals surface area contributed by atoms with Gasteiger partial charge in [0.25, 0.3) is 11.5 Å². The third-order valence-corrected chi connectivity index (χ3v) is 6.09. The molecule has 2 aromatic rings. The Bertz CT molecular complexity index is 1020. The topological polar surface area (TPSA) is 82.6 Å². The molecule has 30 heavy (non-hydrogen) atoms. The van der Waals surface area contributed by atoms with Crippen LogP contribution in [-0.2, 0) is 19.4 Å². The number of halogens is 2. The zero-order valence-corrected chi connectivity index (χ0v) is 18.9. The number of aromatic amines is 1. The highest BCUT2D eigenvalue weighted by Crippen LogP contribution is 2.39. The molecule has 1 aromatic heterocycles. The molecule has 0 bridgehead atoms. The number of aliphatic hydroxyl groups excluding tert-OH is 1. The van der Waals surface area contributed by atoms with E-state index in [1.807, 2.05) is 26.8 Å². The fourth-order valence-electron chi connectivity index (χ4n) is 3.77. The van der Waals surface area contributed by atoms with Crippen LogP contribution < -0.4 is 10.3 Å². The van der Waals surface area contributed by atoms with Crippen molar-refractivity contribution < 1.29 is 14.6 Å². The number of ether oxygens (including phenoxy) is 1. The van der Waals surface area contributed by atoms with Crippen LogP contribution in [0.5, 0.6) is 5.75 Å². The van der Waals surface area contributed by atoms with Gasteiger partial charge in [-0.3, -0.25) is 9.59 Å². The average Bonchev–Trinajstić information content (AvgIpc) is 2.68. The van der Waals surface area contributed by atoms with Crippen LogP contribution in [0.1, 0.15) is 53.0 Å². The summed E-state index contributed by atoms with van der Waals surface area (Å²) in [4.78, 5) is 30.3. The van der Waals surface area contributed by atoms with Gasteiger partial charge in [-0.1, -0.05) is 30.1 Å². The van der Waals surface area contributed by atoms with Gasteiger partial charge in [0.05, 0.1) is 23.2 Å². The minimum atomic E-state index is -0.283. The Kier molecular flexibility index (Phi) is 7.11. The summed E-state index contributed by atoms with van der Waals surface area (Å²) in [5.74, 6) is 0.0458. The van der Waals surface area contributed by atoms with Crippen molar-refractivity contribution in [2.45, 2.75) is 52.7 Å². The maximum atomic E-state index is 13.3. The summed E-state index contributed by atoms with van der Waals surface area (Å²) in [5, 5.41) is 9.74. The number of nitrogens with one attached hydrogen (secondary N) is 1. The van der Waals surface area contributed by atoms with Gasteiger partial charge in [0, 0.05) is 41.9 Å². The minimum absolute atomic E-state index is 0.0188. The number of benzene rings is 1. The Labute approximate surface area is 185 Å². The van der Waals surface area contributed by atoms with E-state index in [1.54, 1.807) is 11.0 Å². The van der Waals surface area contributed by atoms with E-state index in [-0.39, 0.29) is 35.7 Å². The molecular weight excluding hydrogens is 427 g/mol. The van der Waals surface area contributed by atoms with Gasteiger partial charge in [-0.25, -0.2) is 0 Å². The Morgan fingerprint density at radius 1 is 1.30 bits per heavy atom. The molecule has 0 saturated carbocycles. The number of rotatable bonds is 7. The predicted molar refractivity (Wildman–Crippen MR) is 118 cm³/mol. The van der Waals surface area contributed by atoms with Gasteiger partial charge in [-0.05, 0) is 43.9 Å². The third kappa shape index (κ3) is 4.51. The number of carbonyl (C=O) groups excluding carboxylic acids is 1. The molecule has 8 heteroatoms. The second-order valence-corrected chi connectivity index (χ2v) is 8.37. The lowest BCUT2D eigenvalue weighted by Crippen LogP contribution is -2.39. The second-order valence-electron chi connectivity index (χ2n) is 7.58. The zero-order chi connectivity index (χ0) is 22.0. The predicted octanol–water partition coefficient (Wildman–Crippen LogP) is 3.90. The van der Waals surface area contributed by atoms with Crippen molar-refractivity contribution in [1.82, 2.24) is 9.88 Å². The van der Waals surface area contributed by atoms with Crippen LogP contribution >= 0.6 is 23.2 Å². The summed E-state index contributed by atoms with van der Waals surface area (Å²) in [6, 6.07) is 3.57. The Balaban J connectivity index is 1.95. The largest absolute Gasteiger partial charge is 0.489 e.